The number of amides is 1. The molecule has 1 aromatic rings. The predicted octanol–water partition coefficient (Wildman–Crippen LogP) is 2.08. The number of carbonyl (C=O) groups excluding carboxylic acids is 1. The maximum absolute atomic E-state index is 12.9. The molecule has 1 amide bonds. The number of carbonyl (C=O) groups is 1. The van der Waals surface area contributed by atoms with Crippen LogP contribution in [0.4, 0.5) is 8.78 Å². The van der Waals surface area contributed by atoms with Gasteiger partial charge >= 0.3 is 0 Å². The van der Waals surface area contributed by atoms with Crippen LogP contribution in [0, 0.1) is 6.92 Å². The summed E-state index contributed by atoms with van der Waals surface area (Å²) in [4.78, 5) is 11.7. The van der Waals surface area contributed by atoms with E-state index in [1.165, 1.54) is 0 Å². The minimum Gasteiger partial charge on any atom is -0.346 e. The highest BCUT2D eigenvalue weighted by Crippen LogP contribution is 2.16. The average molecular weight is 307 g/mol. The van der Waals surface area contributed by atoms with E-state index in [1.54, 1.807) is 25.1 Å². The lowest BCUT2D eigenvalue weighted by Gasteiger charge is -2.15. The van der Waals surface area contributed by atoms with Gasteiger partial charge in [-0.25, -0.2) is 8.78 Å². The van der Waals surface area contributed by atoms with E-state index >= 15 is 0 Å². The number of benzene rings is 1. The lowest BCUT2D eigenvalue weighted by atomic mass is 10.1. The normalized spacial score (nSPS) is 11.4. The maximum atomic E-state index is 12.9. The van der Waals surface area contributed by atoms with Crippen LogP contribution in [0.2, 0.25) is 0 Å². The molecule has 3 N–H and O–H groups in total. The zero-order valence-corrected chi connectivity index (χ0v) is 10.9. The maximum Gasteiger partial charge on any atom is 0.277 e. The van der Waals surface area contributed by atoms with E-state index < -0.39 is 24.9 Å². The Kier molecular flexibility index (Phi) is 4.59. The molecule has 0 saturated carbocycles. The summed E-state index contributed by atoms with van der Waals surface area (Å²) in [5.41, 5.74) is 5.97. The van der Waals surface area contributed by atoms with Gasteiger partial charge in [0.1, 0.15) is 0 Å². The van der Waals surface area contributed by atoms with E-state index in [1.807, 2.05) is 0 Å². The third-order valence-corrected chi connectivity index (χ3v) is 2.74. The van der Waals surface area contributed by atoms with E-state index in [4.69, 9.17) is 5.73 Å². The Bertz CT molecular complexity index is 424. The van der Waals surface area contributed by atoms with Gasteiger partial charge in [-0.05, 0) is 24.6 Å². The lowest BCUT2D eigenvalue weighted by molar-refractivity contribution is 0.0118. The topological polar surface area (TPSA) is 55.1 Å². The van der Waals surface area contributed by atoms with Crippen LogP contribution in [0.3, 0.4) is 0 Å². The first kappa shape index (κ1) is 14.1. The number of rotatable bonds is 4. The molecule has 0 fully saturated rings. The number of nitrogens with one attached hydrogen (secondary N) is 1. The Hall–Kier alpha value is -1.01. The summed E-state index contributed by atoms with van der Waals surface area (Å²) in [6, 6.07) is 5.10. The Morgan fingerprint density at radius 1 is 1.53 bits per heavy atom. The van der Waals surface area contributed by atoms with Crippen molar-refractivity contribution in [3.8, 4) is 0 Å². The van der Waals surface area contributed by atoms with Crippen molar-refractivity contribution in [2.75, 3.05) is 13.1 Å². The highest BCUT2D eigenvalue weighted by atomic mass is 79.9. The summed E-state index contributed by atoms with van der Waals surface area (Å²) in [5, 5.41) is 2.17. The molecule has 0 unspecified atom stereocenters. The first-order chi connectivity index (χ1) is 7.85. The number of hydrogen-bond acceptors (Lipinski definition) is 2. The molecule has 0 bridgehead atoms. The van der Waals surface area contributed by atoms with Crippen LogP contribution >= 0.6 is 15.9 Å². The zero-order chi connectivity index (χ0) is 13.1. The molecule has 0 aliphatic rings. The van der Waals surface area contributed by atoms with Crippen molar-refractivity contribution in [2.45, 2.75) is 12.8 Å². The largest absolute Gasteiger partial charge is 0.346 e. The highest BCUT2D eigenvalue weighted by molar-refractivity contribution is 9.10. The van der Waals surface area contributed by atoms with Crippen molar-refractivity contribution in [1.82, 2.24) is 5.32 Å². The highest BCUT2D eigenvalue weighted by Gasteiger charge is 2.27. The van der Waals surface area contributed by atoms with Crippen LogP contribution in [0.15, 0.2) is 22.7 Å². The fourth-order valence-electron chi connectivity index (χ4n) is 1.22. The minimum atomic E-state index is -3.07. The third kappa shape index (κ3) is 4.05. The molecule has 6 heteroatoms. The van der Waals surface area contributed by atoms with Gasteiger partial charge in [0.15, 0.2) is 0 Å². The van der Waals surface area contributed by atoms with Crippen molar-refractivity contribution in [2.24, 2.45) is 5.73 Å². The van der Waals surface area contributed by atoms with Crippen LogP contribution in [-0.2, 0) is 0 Å². The molecule has 3 nitrogen and oxygen atoms in total. The van der Waals surface area contributed by atoms with Crippen molar-refractivity contribution in [3.63, 3.8) is 0 Å². The predicted molar refractivity (Wildman–Crippen MR) is 65.2 cm³/mol. The Morgan fingerprint density at radius 3 is 2.76 bits per heavy atom. The lowest BCUT2D eigenvalue weighted by Crippen LogP contribution is -2.41. The molecular formula is C11H13BrF2N2O. The molecular weight excluding hydrogens is 294 g/mol. The van der Waals surface area contributed by atoms with Gasteiger partial charge < -0.3 is 11.1 Å². The van der Waals surface area contributed by atoms with E-state index in [2.05, 4.69) is 21.2 Å². The van der Waals surface area contributed by atoms with Gasteiger partial charge in [0, 0.05) is 10.0 Å². The molecule has 0 aromatic heterocycles. The summed E-state index contributed by atoms with van der Waals surface area (Å²) in [5.74, 6) is -3.60. The van der Waals surface area contributed by atoms with E-state index in [9.17, 15) is 13.6 Å². The van der Waals surface area contributed by atoms with Crippen molar-refractivity contribution >= 4 is 21.8 Å². The molecule has 17 heavy (non-hydrogen) atoms. The van der Waals surface area contributed by atoms with Gasteiger partial charge in [0.2, 0.25) is 0 Å². The summed E-state index contributed by atoms with van der Waals surface area (Å²) in [6.07, 6.45) is 0. The van der Waals surface area contributed by atoms with E-state index in [-0.39, 0.29) is 0 Å². The second-order valence-electron chi connectivity index (χ2n) is 3.70. The number of halogens is 3. The van der Waals surface area contributed by atoms with Gasteiger partial charge in [-0.15, -0.1) is 0 Å². The number of nitrogens with two attached hydrogens (primary N) is 1. The van der Waals surface area contributed by atoms with Crippen LogP contribution < -0.4 is 11.1 Å². The standard InChI is InChI=1S/C11H13BrF2N2O/c1-7-2-3-8(12)4-9(7)10(17)16-6-11(13,14)5-15/h2-4H,5-6,15H2,1H3,(H,16,17). The third-order valence-electron chi connectivity index (χ3n) is 2.25. The summed E-state index contributed by atoms with van der Waals surface area (Å²) in [7, 11) is 0. The minimum absolute atomic E-state index is 0.368. The van der Waals surface area contributed by atoms with Crippen molar-refractivity contribution in [3.05, 3.63) is 33.8 Å². The molecule has 0 atom stereocenters. The first-order valence-corrected chi connectivity index (χ1v) is 5.77. The molecule has 94 valence electrons. The van der Waals surface area contributed by atoms with Gasteiger partial charge in [-0.1, -0.05) is 22.0 Å². The van der Waals surface area contributed by atoms with Crippen LogP contribution in [0.25, 0.3) is 0 Å². The average Bonchev–Trinajstić information content (AvgIpc) is 2.29. The monoisotopic (exact) mass is 306 g/mol. The van der Waals surface area contributed by atoms with Crippen molar-refractivity contribution in [1.29, 1.82) is 0 Å². The molecule has 0 aliphatic carbocycles. The second-order valence-corrected chi connectivity index (χ2v) is 4.62. The fraction of sp³-hybridized carbons (Fsp3) is 0.364. The molecule has 0 radical (unpaired) electrons. The molecule has 0 saturated heterocycles. The van der Waals surface area contributed by atoms with Gasteiger partial charge in [-0.2, -0.15) is 0 Å². The zero-order valence-electron chi connectivity index (χ0n) is 9.27. The van der Waals surface area contributed by atoms with Gasteiger partial charge in [0.25, 0.3) is 11.8 Å². The Labute approximate surface area is 107 Å². The quantitative estimate of drug-likeness (QED) is 0.895. The number of alkyl halides is 2. The van der Waals surface area contributed by atoms with Crippen LogP contribution in [-0.4, -0.2) is 24.9 Å². The second kappa shape index (κ2) is 5.55. The number of aryl methyl sites for hydroxylation is 1. The van der Waals surface area contributed by atoms with E-state index in [0.29, 0.717) is 5.56 Å². The first-order valence-electron chi connectivity index (χ1n) is 4.98. The number of hydrogen-bond donors (Lipinski definition) is 2. The molecule has 0 aliphatic heterocycles. The van der Waals surface area contributed by atoms with Crippen LogP contribution in [0.1, 0.15) is 15.9 Å². The van der Waals surface area contributed by atoms with Crippen molar-refractivity contribution < 1.29 is 13.6 Å². The Balaban J connectivity index is 2.74. The molecule has 0 heterocycles. The SMILES string of the molecule is Cc1ccc(Br)cc1C(=O)NCC(F)(F)CN. The smallest absolute Gasteiger partial charge is 0.277 e. The van der Waals surface area contributed by atoms with E-state index in [0.717, 1.165) is 10.0 Å². The Morgan fingerprint density at radius 2 is 2.18 bits per heavy atom. The van der Waals surface area contributed by atoms with Crippen LogP contribution in [0.5, 0.6) is 0 Å². The van der Waals surface area contributed by atoms with Gasteiger partial charge in [-0.3, -0.25) is 4.79 Å². The fourth-order valence-corrected chi connectivity index (χ4v) is 1.58. The summed E-state index contributed by atoms with van der Waals surface area (Å²) in [6.45, 7) is 0.196. The molecule has 1 rings (SSSR count). The summed E-state index contributed by atoms with van der Waals surface area (Å²) < 4.78 is 26.4. The molecule has 1 aromatic carbocycles. The van der Waals surface area contributed by atoms with Gasteiger partial charge in [0.05, 0.1) is 13.1 Å². The summed E-state index contributed by atoms with van der Waals surface area (Å²) >= 11 is 3.22. The molecule has 0 spiro atoms.